The molecule has 3 nitrogen and oxygen atoms in total. The highest BCUT2D eigenvalue weighted by Gasteiger charge is 2.21. The number of rotatable bonds is 7. The Kier molecular flexibility index (Phi) is 6.97. The maximum atomic E-state index is 4.96. The van der Waals surface area contributed by atoms with Crippen LogP contribution in [0.4, 0.5) is 5.13 Å². The Balaban J connectivity index is 2.09. The lowest BCUT2D eigenvalue weighted by Crippen LogP contribution is -2.30. The van der Waals surface area contributed by atoms with Crippen molar-refractivity contribution in [2.75, 3.05) is 18.5 Å². The van der Waals surface area contributed by atoms with Crippen molar-refractivity contribution in [1.82, 2.24) is 10.3 Å². The van der Waals surface area contributed by atoms with Crippen molar-refractivity contribution in [3.05, 3.63) is 10.6 Å². The minimum atomic E-state index is 0.695. The third-order valence-corrected chi connectivity index (χ3v) is 5.65. The van der Waals surface area contributed by atoms with Gasteiger partial charge in [0.1, 0.15) is 0 Å². The molecule has 1 aromatic heterocycles. The quantitative estimate of drug-likeness (QED) is 0.758. The summed E-state index contributed by atoms with van der Waals surface area (Å²) in [5.74, 6) is 0. The van der Waals surface area contributed by atoms with E-state index in [9.17, 15) is 0 Å². The van der Waals surface area contributed by atoms with E-state index in [1.807, 2.05) is 11.3 Å². The Hall–Kier alpha value is -0.610. The number of hydrogen-bond acceptors (Lipinski definition) is 4. The van der Waals surface area contributed by atoms with Crippen molar-refractivity contribution in [3.8, 4) is 0 Å². The Labute approximate surface area is 134 Å². The molecule has 21 heavy (non-hydrogen) atoms. The zero-order valence-electron chi connectivity index (χ0n) is 14.0. The molecule has 0 aliphatic heterocycles. The van der Waals surface area contributed by atoms with E-state index in [1.165, 1.54) is 60.6 Å². The van der Waals surface area contributed by atoms with E-state index >= 15 is 0 Å². The number of aryl methyl sites for hydroxylation is 1. The first-order valence-corrected chi connectivity index (χ1v) is 9.50. The molecule has 4 heteroatoms. The van der Waals surface area contributed by atoms with Crippen molar-refractivity contribution >= 4 is 16.5 Å². The molecule has 120 valence electrons. The van der Waals surface area contributed by atoms with Crippen molar-refractivity contribution < 1.29 is 0 Å². The molecule has 0 atom stereocenters. The number of hydrogen-bond donors (Lipinski definition) is 1. The summed E-state index contributed by atoms with van der Waals surface area (Å²) in [6.07, 6.45) is 10.5. The van der Waals surface area contributed by atoms with Gasteiger partial charge in [-0.15, -0.1) is 11.3 Å². The minimum absolute atomic E-state index is 0.695. The third-order valence-electron chi connectivity index (χ3n) is 4.46. The van der Waals surface area contributed by atoms with E-state index in [-0.39, 0.29) is 0 Å². The summed E-state index contributed by atoms with van der Waals surface area (Å²) in [5.41, 5.74) is 1.32. The summed E-state index contributed by atoms with van der Waals surface area (Å²) >= 11 is 1.90. The molecule has 0 amide bonds. The molecule has 1 aromatic rings. The number of aromatic nitrogens is 1. The van der Waals surface area contributed by atoms with Gasteiger partial charge in [0.05, 0.1) is 5.69 Å². The van der Waals surface area contributed by atoms with Gasteiger partial charge in [0.2, 0.25) is 0 Å². The van der Waals surface area contributed by atoms with E-state index in [0.29, 0.717) is 6.04 Å². The molecular formula is C17H31N3S. The zero-order chi connectivity index (χ0) is 15.1. The van der Waals surface area contributed by atoms with Crippen LogP contribution in [0.5, 0.6) is 0 Å². The van der Waals surface area contributed by atoms with Crippen LogP contribution in [0.2, 0.25) is 0 Å². The molecule has 2 rings (SSSR count). The van der Waals surface area contributed by atoms with Crippen LogP contribution in [-0.4, -0.2) is 24.6 Å². The second-order valence-electron chi connectivity index (χ2n) is 6.15. The van der Waals surface area contributed by atoms with Gasteiger partial charge in [-0.1, -0.05) is 46.0 Å². The van der Waals surface area contributed by atoms with Crippen molar-refractivity contribution in [2.45, 2.75) is 77.8 Å². The standard InChI is InChI=1S/C17H31N3S/c1-4-10-15-16(13-18-5-2)21-17(19-15)20(3)14-11-8-6-7-9-12-14/h14,18H,4-13H2,1-3H3. The molecule has 1 aliphatic rings. The van der Waals surface area contributed by atoms with Crippen LogP contribution < -0.4 is 10.2 Å². The lowest BCUT2D eigenvalue weighted by Gasteiger charge is -2.26. The summed E-state index contributed by atoms with van der Waals surface area (Å²) in [4.78, 5) is 8.86. The van der Waals surface area contributed by atoms with Crippen LogP contribution in [0.15, 0.2) is 0 Å². The summed E-state index contributed by atoms with van der Waals surface area (Å²) in [5, 5.41) is 4.69. The van der Waals surface area contributed by atoms with Crippen molar-refractivity contribution in [1.29, 1.82) is 0 Å². The summed E-state index contributed by atoms with van der Waals surface area (Å²) in [6.45, 7) is 6.41. The highest BCUT2D eigenvalue weighted by molar-refractivity contribution is 7.15. The molecule has 0 saturated heterocycles. The van der Waals surface area contributed by atoms with Crippen LogP contribution in [0.25, 0.3) is 0 Å². The first-order valence-electron chi connectivity index (χ1n) is 8.68. The normalized spacial score (nSPS) is 16.9. The van der Waals surface area contributed by atoms with E-state index < -0.39 is 0 Å². The molecule has 0 spiro atoms. The van der Waals surface area contributed by atoms with Gasteiger partial charge in [-0.05, 0) is 25.8 Å². The smallest absolute Gasteiger partial charge is 0.185 e. The molecule has 1 N–H and O–H groups in total. The Morgan fingerprint density at radius 3 is 2.52 bits per heavy atom. The Morgan fingerprint density at radius 2 is 1.90 bits per heavy atom. The number of nitrogens with one attached hydrogen (secondary N) is 1. The Morgan fingerprint density at radius 1 is 1.19 bits per heavy atom. The fourth-order valence-corrected chi connectivity index (χ4v) is 4.24. The molecule has 1 fully saturated rings. The van der Waals surface area contributed by atoms with Crippen molar-refractivity contribution in [3.63, 3.8) is 0 Å². The van der Waals surface area contributed by atoms with E-state index in [4.69, 9.17) is 4.98 Å². The lowest BCUT2D eigenvalue weighted by molar-refractivity contribution is 0.552. The van der Waals surface area contributed by atoms with Gasteiger partial charge in [-0.2, -0.15) is 0 Å². The van der Waals surface area contributed by atoms with Crippen molar-refractivity contribution in [2.24, 2.45) is 0 Å². The van der Waals surface area contributed by atoms with Gasteiger partial charge >= 0.3 is 0 Å². The fourth-order valence-electron chi connectivity index (χ4n) is 3.13. The maximum absolute atomic E-state index is 4.96. The molecule has 0 bridgehead atoms. The zero-order valence-corrected chi connectivity index (χ0v) is 14.8. The number of thiazole rings is 1. The first kappa shape index (κ1) is 16.8. The van der Waals surface area contributed by atoms with E-state index in [0.717, 1.165) is 19.5 Å². The maximum Gasteiger partial charge on any atom is 0.185 e. The number of nitrogens with zero attached hydrogens (tertiary/aromatic N) is 2. The van der Waals surface area contributed by atoms with Crippen LogP contribution in [0, 0.1) is 0 Å². The predicted octanol–water partition coefficient (Wildman–Crippen LogP) is 4.36. The van der Waals surface area contributed by atoms with Gasteiger partial charge < -0.3 is 10.2 Å². The fraction of sp³-hybridized carbons (Fsp3) is 0.824. The summed E-state index contributed by atoms with van der Waals surface area (Å²) in [6, 6.07) is 0.695. The first-order chi connectivity index (χ1) is 10.3. The van der Waals surface area contributed by atoms with E-state index in [1.54, 1.807) is 0 Å². The Bertz CT molecular complexity index is 408. The van der Waals surface area contributed by atoms with Gasteiger partial charge in [-0.3, -0.25) is 0 Å². The topological polar surface area (TPSA) is 28.2 Å². The number of anilines is 1. The summed E-state index contributed by atoms with van der Waals surface area (Å²) < 4.78 is 0. The lowest BCUT2D eigenvalue weighted by atomic mass is 10.1. The highest BCUT2D eigenvalue weighted by Crippen LogP contribution is 2.31. The van der Waals surface area contributed by atoms with Crippen LogP contribution in [0.3, 0.4) is 0 Å². The van der Waals surface area contributed by atoms with Gasteiger partial charge in [0.15, 0.2) is 5.13 Å². The average Bonchev–Trinajstić information content (AvgIpc) is 2.72. The predicted molar refractivity (Wildman–Crippen MR) is 93.4 cm³/mol. The second kappa shape index (κ2) is 8.74. The minimum Gasteiger partial charge on any atom is -0.348 e. The molecular weight excluding hydrogens is 278 g/mol. The monoisotopic (exact) mass is 309 g/mol. The van der Waals surface area contributed by atoms with Gasteiger partial charge in [0, 0.05) is 24.5 Å². The molecule has 1 heterocycles. The van der Waals surface area contributed by atoms with Crippen LogP contribution >= 0.6 is 11.3 Å². The van der Waals surface area contributed by atoms with Gasteiger partial charge in [0.25, 0.3) is 0 Å². The van der Waals surface area contributed by atoms with E-state index in [2.05, 4.69) is 31.1 Å². The molecule has 0 unspecified atom stereocenters. The summed E-state index contributed by atoms with van der Waals surface area (Å²) in [7, 11) is 2.25. The average molecular weight is 310 g/mol. The molecule has 0 radical (unpaired) electrons. The SMILES string of the molecule is CCCc1nc(N(C)C2CCCCCC2)sc1CNCC. The highest BCUT2D eigenvalue weighted by atomic mass is 32.1. The largest absolute Gasteiger partial charge is 0.348 e. The second-order valence-corrected chi connectivity index (χ2v) is 7.22. The van der Waals surface area contributed by atoms with Gasteiger partial charge in [-0.25, -0.2) is 4.98 Å². The van der Waals surface area contributed by atoms with Crippen LogP contribution in [-0.2, 0) is 13.0 Å². The molecule has 0 aromatic carbocycles. The third kappa shape index (κ3) is 4.68. The molecule has 1 saturated carbocycles. The molecule has 1 aliphatic carbocycles. The van der Waals surface area contributed by atoms with Crippen LogP contribution in [0.1, 0.15) is 69.4 Å².